The van der Waals surface area contributed by atoms with Crippen molar-refractivity contribution in [3.63, 3.8) is 0 Å². The van der Waals surface area contributed by atoms with Gasteiger partial charge in [-0.2, -0.15) is 4.31 Å². The van der Waals surface area contributed by atoms with Gasteiger partial charge < -0.3 is 19.4 Å². The fraction of sp³-hybridized carbons (Fsp3) is 0.438. The van der Waals surface area contributed by atoms with Gasteiger partial charge in [-0.1, -0.05) is 12.1 Å². The van der Waals surface area contributed by atoms with Crippen molar-refractivity contribution in [2.45, 2.75) is 31.0 Å². The molecule has 0 radical (unpaired) electrons. The first kappa shape index (κ1) is 18.4. The third-order valence-corrected chi connectivity index (χ3v) is 5.46. The van der Waals surface area contributed by atoms with E-state index < -0.39 is 16.0 Å². The number of carbonyl (C=O) groups is 1. The molecule has 0 aliphatic carbocycles. The Hall–Kier alpha value is -1.90. The number of carbonyl (C=O) groups excluding carboxylic acids is 1. The predicted molar refractivity (Wildman–Crippen MR) is 85.8 cm³/mol. The third-order valence-electron chi connectivity index (χ3n) is 3.60. The summed E-state index contributed by atoms with van der Waals surface area (Å²) < 4.78 is 38.1. The molecule has 2 rings (SSSR count). The Morgan fingerprint density at radius 1 is 1.33 bits per heavy atom. The van der Waals surface area contributed by atoms with Crippen molar-refractivity contribution in [2.75, 3.05) is 20.2 Å². The minimum atomic E-state index is -3.80. The fourth-order valence-corrected chi connectivity index (χ4v) is 4.41. The van der Waals surface area contributed by atoms with Gasteiger partial charge in [-0.3, -0.25) is 0 Å². The van der Waals surface area contributed by atoms with Gasteiger partial charge in [0.15, 0.2) is 0 Å². The number of sulfonamides is 1. The lowest BCUT2D eigenvalue weighted by molar-refractivity contribution is -0.297. The van der Waals surface area contributed by atoms with Crippen LogP contribution < -0.4 is 9.84 Å². The minimum Gasteiger partial charge on any atom is -0.545 e. The van der Waals surface area contributed by atoms with Gasteiger partial charge in [-0.15, -0.1) is 0 Å². The normalized spacial score (nSPS) is 22.6. The molecule has 0 saturated carbocycles. The van der Waals surface area contributed by atoms with Crippen molar-refractivity contribution in [1.29, 1.82) is 0 Å². The van der Waals surface area contributed by atoms with E-state index in [4.69, 9.17) is 9.47 Å². The first-order valence-corrected chi connectivity index (χ1v) is 8.90. The van der Waals surface area contributed by atoms with Crippen LogP contribution in [0.1, 0.15) is 19.4 Å². The zero-order chi connectivity index (χ0) is 17.9. The molecule has 1 aliphatic heterocycles. The van der Waals surface area contributed by atoms with Crippen molar-refractivity contribution >= 4 is 22.1 Å². The first-order chi connectivity index (χ1) is 11.2. The van der Waals surface area contributed by atoms with Crippen molar-refractivity contribution < 1.29 is 27.8 Å². The highest BCUT2D eigenvalue weighted by Crippen LogP contribution is 2.30. The smallest absolute Gasteiger partial charge is 0.246 e. The molecule has 0 aromatic heterocycles. The largest absolute Gasteiger partial charge is 0.545 e. The maximum absolute atomic E-state index is 13.0. The Kier molecular flexibility index (Phi) is 5.63. The van der Waals surface area contributed by atoms with Gasteiger partial charge >= 0.3 is 0 Å². The summed E-state index contributed by atoms with van der Waals surface area (Å²) in [6, 6.07) is 4.45. The van der Waals surface area contributed by atoms with Crippen LogP contribution in [0.2, 0.25) is 0 Å². The summed E-state index contributed by atoms with van der Waals surface area (Å²) in [5, 5.41) is 10.5. The number of methoxy groups -OCH3 is 1. The van der Waals surface area contributed by atoms with Crippen LogP contribution in [0.15, 0.2) is 29.2 Å². The lowest BCUT2D eigenvalue weighted by Gasteiger charge is -2.34. The summed E-state index contributed by atoms with van der Waals surface area (Å²) in [7, 11) is -2.42. The van der Waals surface area contributed by atoms with Crippen LogP contribution in [-0.2, 0) is 19.6 Å². The number of nitrogens with zero attached hydrogens (tertiary/aromatic N) is 1. The molecule has 0 amide bonds. The van der Waals surface area contributed by atoms with Crippen LogP contribution in [-0.4, -0.2) is 51.1 Å². The molecule has 7 nitrogen and oxygen atoms in total. The molecule has 132 valence electrons. The number of rotatable bonds is 5. The molecule has 0 N–H and O–H groups in total. The monoisotopic (exact) mass is 354 g/mol. The minimum absolute atomic E-state index is 0.00759. The number of ether oxygens (including phenoxy) is 2. The lowest BCUT2D eigenvalue weighted by Crippen LogP contribution is -2.48. The molecule has 8 heteroatoms. The molecule has 1 saturated heterocycles. The summed E-state index contributed by atoms with van der Waals surface area (Å²) in [6.07, 6.45) is 1.70. The zero-order valence-electron chi connectivity index (χ0n) is 13.8. The van der Waals surface area contributed by atoms with Crippen molar-refractivity contribution in [3.05, 3.63) is 29.8 Å². The molecule has 0 bridgehead atoms. The number of hydrogen-bond donors (Lipinski definition) is 0. The molecule has 0 spiro atoms. The second-order valence-corrected chi connectivity index (χ2v) is 7.55. The van der Waals surface area contributed by atoms with Crippen LogP contribution in [0, 0.1) is 0 Å². The van der Waals surface area contributed by atoms with E-state index in [1.54, 1.807) is 6.07 Å². The number of carboxylic acids is 1. The van der Waals surface area contributed by atoms with Crippen LogP contribution in [0.4, 0.5) is 0 Å². The second kappa shape index (κ2) is 7.33. The average Bonchev–Trinajstić information content (AvgIpc) is 2.51. The SMILES string of the molecule is COc1ccc(/C=C/C(=O)[O-])cc1S(=O)(=O)N1C[C@@H](C)O[C@@H](C)C1. The highest BCUT2D eigenvalue weighted by molar-refractivity contribution is 7.89. The Labute approximate surface area is 141 Å². The van der Waals surface area contributed by atoms with Crippen molar-refractivity contribution in [2.24, 2.45) is 0 Å². The standard InChI is InChI=1S/C16H21NO6S/c1-11-9-17(10-12(2)23-11)24(20,21)15-8-13(5-7-16(18)19)4-6-14(15)22-3/h4-8,11-12H,9-10H2,1-3H3,(H,18,19)/p-1/b7-5+/t11-,12+. The van der Waals surface area contributed by atoms with Gasteiger partial charge in [0.25, 0.3) is 0 Å². The summed E-state index contributed by atoms with van der Waals surface area (Å²) in [5.74, 6) is -1.15. The number of aliphatic carboxylic acids is 1. The van der Waals surface area contributed by atoms with Gasteiger partial charge in [0, 0.05) is 13.1 Å². The Morgan fingerprint density at radius 2 is 1.96 bits per heavy atom. The highest BCUT2D eigenvalue weighted by atomic mass is 32.2. The van der Waals surface area contributed by atoms with Gasteiger partial charge in [0.05, 0.1) is 25.3 Å². The predicted octanol–water partition coefficient (Wildman–Crippen LogP) is 0.256. The van der Waals surface area contributed by atoms with Gasteiger partial charge in [-0.25, -0.2) is 8.42 Å². The summed E-state index contributed by atoms with van der Waals surface area (Å²) in [4.78, 5) is 10.5. The van der Waals surface area contributed by atoms with Crippen LogP contribution in [0.3, 0.4) is 0 Å². The molecule has 1 aromatic rings. The van der Waals surface area contributed by atoms with E-state index in [1.807, 2.05) is 13.8 Å². The molecule has 24 heavy (non-hydrogen) atoms. The molecule has 1 fully saturated rings. The van der Waals surface area contributed by atoms with Crippen molar-refractivity contribution in [3.8, 4) is 5.75 Å². The topological polar surface area (TPSA) is 96.0 Å². The quantitative estimate of drug-likeness (QED) is 0.704. The number of benzene rings is 1. The molecule has 0 unspecified atom stereocenters. The molecule has 1 heterocycles. The summed E-state index contributed by atoms with van der Waals surface area (Å²) in [6.45, 7) is 4.12. The van der Waals surface area contributed by atoms with E-state index in [2.05, 4.69) is 0 Å². The number of morpholine rings is 1. The molecule has 1 aromatic carbocycles. The fourth-order valence-electron chi connectivity index (χ4n) is 2.63. The van der Waals surface area contributed by atoms with E-state index >= 15 is 0 Å². The summed E-state index contributed by atoms with van der Waals surface area (Å²) in [5.41, 5.74) is 0.424. The maximum Gasteiger partial charge on any atom is 0.246 e. The van der Waals surface area contributed by atoms with Gasteiger partial charge in [0.1, 0.15) is 10.6 Å². The highest BCUT2D eigenvalue weighted by Gasteiger charge is 2.34. The third kappa shape index (κ3) is 4.14. The van der Waals surface area contributed by atoms with Crippen LogP contribution in [0.5, 0.6) is 5.75 Å². The van der Waals surface area contributed by atoms with E-state index in [0.29, 0.717) is 5.56 Å². The summed E-state index contributed by atoms with van der Waals surface area (Å²) >= 11 is 0. The molecular weight excluding hydrogens is 334 g/mol. The van der Waals surface area contributed by atoms with Gasteiger partial charge in [0.2, 0.25) is 10.0 Å². The van der Waals surface area contributed by atoms with Crippen LogP contribution in [0.25, 0.3) is 6.08 Å². The van der Waals surface area contributed by atoms with Gasteiger partial charge in [-0.05, 0) is 37.6 Å². The van der Waals surface area contributed by atoms with E-state index in [1.165, 1.54) is 29.6 Å². The Bertz CT molecular complexity index is 733. The zero-order valence-corrected chi connectivity index (χ0v) is 14.6. The van der Waals surface area contributed by atoms with Crippen LogP contribution >= 0.6 is 0 Å². The van der Waals surface area contributed by atoms with Crippen molar-refractivity contribution in [1.82, 2.24) is 4.31 Å². The second-order valence-electron chi connectivity index (χ2n) is 5.64. The van der Waals surface area contributed by atoms with E-state index in [9.17, 15) is 18.3 Å². The molecule has 2 atom stereocenters. The van der Waals surface area contributed by atoms with E-state index in [0.717, 1.165) is 6.08 Å². The maximum atomic E-state index is 13.0. The Morgan fingerprint density at radius 3 is 2.50 bits per heavy atom. The Balaban J connectivity index is 2.44. The molecule has 1 aliphatic rings. The number of carboxylic acid groups (broad SMARTS) is 1. The molecular formula is C16H20NO6S-. The van der Waals surface area contributed by atoms with E-state index in [-0.39, 0.29) is 35.9 Å². The first-order valence-electron chi connectivity index (χ1n) is 7.46. The average molecular weight is 354 g/mol. The lowest BCUT2D eigenvalue weighted by atomic mass is 10.2. The number of hydrogen-bond acceptors (Lipinski definition) is 6.